The highest BCUT2D eigenvalue weighted by Crippen LogP contribution is 3.24. The maximum atomic E-state index is 14.7. The standard InChI is InChI=1S/C15F25N/c16-6(17,11(26,27)28)1-2(7(18,19)12(29,30)31)3(1,8(20,21)13(32,33)34)41-4(1,9(22,23)14(35,36)37)5(2,41)10(24,25)15(38,39)40. The van der Waals surface area contributed by atoms with E-state index in [0.717, 1.165) is 0 Å². The lowest BCUT2D eigenvalue weighted by atomic mass is 9.48. The molecule has 240 valence electrons. The van der Waals surface area contributed by atoms with Crippen molar-refractivity contribution in [3.05, 3.63) is 0 Å². The first-order valence-electron chi connectivity index (χ1n) is 9.40. The van der Waals surface area contributed by atoms with E-state index in [-0.39, 0.29) is 0 Å². The van der Waals surface area contributed by atoms with E-state index in [0.29, 0.717) is 0 Å². The van der Waals surface area contributed by atoms with E-state index in [1.807, 2.05) is 0 Å². The van der Waals surface area contributed by atoms with Crippen LogP contribution < -0.4 is 0 Å². The third kappa shape index (κ3) is 2.05. The lowest BCUT2D eigenvalue weighted by molar-refractivity contribution is -0.421. The summed E-state index contributed by atoms with van der Waals surface area (Å²) in [6.07, 6.45) is -41.0. The van der Waals surface area contributed by atoms with Gasteiger partial charge in [0.05, 0.1) is 0 Å². The quantitative estimate of drug-likeness (QED) is 0.216. The number of hydrogen-bond acceptors (Lipinski definition) is 1. The van der Waals surface area contributed by atoms with Gasteiger partial charge in [0.15, 0.2) is 0 Å². The molecule has 3 aliphatic heterocycles. The molecule has 0 radical (unpaired) electrons. The Hall–Kier alpha value is -1.79. The SMILES string of the molecule is FC(F)(F)C(F)(F)C12N3C1(C(F)(F)C(F)(F)F)C1(C(F)(F)C(F)(F)F)C3(C(F)(F)C(F)(F)F)C21C(F)(F)C(F)(F)F. The van der Waals surface area contributed by atoms with Crippen molar-refractivity contribution < 1.29 is 110 Å². The van der Waals surface area contributed by atoms with Gasteiger partial charge < -0.3 is 0 Å². The van der Waals surface area contributed by atoms with Crippen molar-refractivity contribution in [2.45, 2.75) is 77.1 Å². The molecule has 0 bridgehead atoms. The predicted octanol–water partition coefficient (Wildman–Crippen LogP) is 7.52. The van der Waals surface area contributed by atoms with Crippen molar-refractivity contribution in [2.24, 2.45) is 10.8 Å². The van der Waals surface area contributed by atoms with E-state index in [1.54, 1.807) is 0 Å². The summed E-state index contributed by atoms with van der Waals surface area (Å²) in [7, 11) is 0. The Labute approximate surface area is 204 Å². The van der Waals surface area contributed by atoms with Crippen LogP contribution >= 0.6 is 0 Å². The fourth-order valence-electron chi connectivity index (χ4n) is 7.76. The van der Waals surface area contributed by atoms with Gasteiger partial charge in [-0.1, -0.05) is 0 Å². The highest BCUT2D eigenvalue weighted by molar-refractivity contribution is 5.90. The molecule has 0 aromatic heterocycles. The highest BCUT2D eigenvalue weighted by Gasteiger charge is 3.49. The van der Waals surface area contributed by atoms with E-state index in [4.69, 9.17) is 0 Å². The Kier molecular flexibility index (Phi) is 4.98. The van der Waals surface area contributed by atoms with Gasteiger partial charge >= 0.3 is 60.5 Å². The zero-order valence-electron chi connectivity index (χ0n) is 17.4. The van der Waals surface area contributed by atoms with Gasteiger partial charge in [-0.15, -0.1) is 0 Å². The van der Waals surface area contributed by atoms with Crippen LogP contribution in [0.5, 0.6) is 0 Å². The molecule has 26 heteroatoms. The lowest BCUT2D eigenvalue weighted by Gasteiger charge is -2.55. The van der Waals surface area contributed by atoms with E-state index < -0.39 is 92.8 Å². The van der Waals surface area contributed by atoms with Gasteiger partial charge in [0, 0.05) is 0 Å². The molecule has 2 saturated carbocycles. The number of halogens is 25. The number of hydrogen-bond donors (Lipinski definition) is 0. The smallest absolute Gasteiger partial charge is 0.261 e. The molecular weight excluding hydrogens is 669 g/mol. The van der Waals surface area contributed by atoms with E-state index in [1.165, 1.54) is 0 Å². The van der Waals surface area contributed by atoms with Crippen LogP contribution in [0.3, 0.4) is 0 Å². The minimum Gasteiger partial charge on any atom is -0.261 e. The van der Waals surface area contributed by atoms with Gasteiger partial charge in [0.2, 0.25) is 0 Å². The summed E-state index contributed by atoms with van der Waals surface area (Å²) in [6, 6.07) is 0. The van der Waals surface area contributed by atoms with Crippen LogP contribution in [-0.2, 0) is 0 Å². The molecule has 41 heavy (non-hydrogen) atoms. The number of nitrogens with zero attached hydrogens (tertiary/aromatic N) is 1. The van der Waals surface area contributed by atoms with Crippen LogP contribution in [0.15, 0.2) is 0 Å². The van der Waals surface area contributed by atoms with Crippen LogP contribution in [0.1, 0.15) is 0 Å². The van der Waals surface area contributed by atoms with Crippen molar-refractivity contribution in [2.75, 3.05) is 0 Å². The Balaban J connectivity index is 2.36. The minimum absolute atomic E-state index is 3.10. The second-order valence-corrected chi connectivity index (χ2v) is 9.33. The van der Waals surface area contributed by atoms with Crippen molar-refractivity contribution in [3.8, 4) is 0 Å². The minimum atomic E-state index is -8.52. The fraction of sp³-hybridized carbons (Fsp3) is 1.00. The monoisotopic (exact) mass is 669 g/mol. The van der Waals surface area contributed by atoms with Crippen LogP contribution in [0.2, 0.25) is 0 Å². The second-order valence-electron chi connectivity index (χ2n) is 9.33. The van der Waals surface area contributed by atoms with Crippen LogP contribution in [0.25, 0.3) is 0 Å². The molecule has 0 aromatic rings. The van der Waals surface area contributed by atoms with Gasteiger partial charge in [-0.05, 0) is 0 Å². The Morgan fingerprint density at radius 1 is 0.244 bits per heavy atom. The molecule has 1 nitrogen and oxygen atoms in total. The molecular formula is C15F25N. The molecule has 0 aromatic carbocycles. The van der Waals surface area contributed by atoms with Gasteiger partial charge in [0.25, 0.3) is 0 Å². The molecule has 3 saturated heterocycles. The summed E-state index contributed by atoms with van der Waals surface area (Å²) in [5.41, 5.74) is -37.0. The summed E-state index contributed by atoms with van der Waals surface area (Å²) in [5, 5.41) is 0. The van der Waals surface area contributed by atoms with Crippen LogP contribution in [-0.4, -0.2) is 82.0 Å². The van der Waals surface area contributed by atoms with Crippen molar-refractivity contribution in [1.82, 2.24) is 4.90 Å². The number of alkyl halides is 25. The lowest BCUT2D eigenvalue weighted by Crippen LogP contribution is -2.82. The van der Waals surface area contributed by atoms with Crippen molar-refractivity contribution >= 4 is 0 Å². The first-order valence-corrected chi connectivity index (χ1v) is 9.40. The highest BCUT2D eigenvalue weighted by atomic mass is 19.5. The third-order valence-corrected chi connectivity index (χ3v) is 8.24. The molecule has 0 N–H and O–H groups in total. The zero-order chi connectivity index (χ0) is 33.1. The Bertz CT molecular complexity index is 1060. The maximum Gasteiger partial charge on any atom is 0.455 e. The third-order valence-electron chi connectivity index (χ3n) is 8.24. The van der Waals surface area contributed by atoms with E-state index >= 15 is 0 Å². The van der Waals surface area contributed by atoms with Gasteiger partial charge in [-0.2, -0.15) is 110 Å². The molecule has 4 unspecified atom stereocenters. The topological polar surface area (TPSA) is 3.01 Å². The summed E-state index contributed by atoms with van der Waals surface area (Å²) < 4.78 is 344. The maximum absolute atomic E-state index is 14.7. The summed E-state index contributed by atoms with van der Waals surface area (Å²) in [6.45, 7) is 0. The molecule has 0 spiro atoms. The number of piperidine rings is 1. The molecule has 5 rings (SSSR count). The Morgan fingerprint density at radius 2 is 0.415 bits per heavy atom. The van der Waals surface area contributed by atoms with E-state index in [9.17, 15) is 110 Å². The first-order chi connectivity index (χ1) is 17.4. The normalized spacial score (nSPS) is 39.6. The molecule has 5 fully saturated rings. The average molecular weight is 669 g/mol. The van der Waals surface area contributed by atoms with Gasteiger partial charge in [0.1, 0.15) is 27.4 Å². The zero-order valence-corrected chi connectivity index (χ0v) is 17.4. The van der Waals surface area contributed by atoms with Crippen molar-refractivity contribution in [1.29, 1.82) is 0 Å². The van der Waals surface area contributed by atoms with Gasteiger partial charge in [-0.3, -0.25) is 4.90 Å². The summed E-state index contributed by atoms with van der Waals surface area (Å²) in [4.78, 5) is -3.10. The molecule has 2 aliphatic carbocycles. The summed E-state index contributed by atoms with van der Waals surface area (Å²) in [5.74, 6) is -41.8. The average Bonchev–Trinajstić information content (AvgIpc) is 3.19. The van der Waals surface area contributed by atoms with Crippen LogP contribution in [0, 0.1) is 10.8 Å². The van der Waals surface area contributed by atoms with Crippen molar-refractivity contribution in [3.63, 3.8) is 0 Å². The molecule has 5 aliphatic rings. The predicted molar refractivity (Wildman–Crippen MR) is 69.9 cm³/mol. The van der Waals surface area contributed by atoms with Crippen LogP contribution in [0.4, 0.5) is 110 Å². The second kappa shape index (κ2) is 6.36. The Morgan fingerprint density at radius 3 is 0.585 bits per heavy atom. The number of rotatable bonds is 5. The summed E-state index contributed by atoms with van der Waals surface area (Å²) >= 11 is 0. The molecule has 3 heterocycles. The largest absolute Gasteiger partial charge is 0.455 e. The molecule has 0 amide bonds. The fourth-order valence-corrected chi connectivity index (χ4v) is 7.76. The van der Waals surface area contributed by atoms with Gasteiger partial charge in [-0.25, -0.2) is 0 Å². The molecule has 4 atom stereocenters. The van der Waals surface area contributed by atoms with E-state index in [2.05, 4.69) is 0 Å². The first kappa shape index (κ1) is 32.1.